The topological polar surface area (TPSA) is 52.7 Å². The van der Waals surface area contributed by atoms with Crippen molar-refractivity contribution >= 4 is 29.3 Å². The lowest BCUT2D eigenvalue weighted by Gasteiger charge is -2.24. The Morgan fingerprint density at radius 1 is 0.882 bits per heavy atom. The Morgan fingerprint density at radius 3 is 2.29 bits per heavy atom. The number of benzene rings is 3. The van der Waals surface area contributed by atoms with Crippen LogP contribution in [0.2, 0.25) is 0 Å². The first-order chi connectivity index (χ1) is 16.7. The lowest BCUT2D eigenvalue weighted by Crippen LogP contribution is -2.27. The van der Waals surface area contributed by atoms with Crippen molar-refractivity contribution in [3.05, 3.63) is 101 Å². The SMILES string of the molecule is O=C(NCc1ccc(N2CCCC2)cc1)c1ccc([C@@H]2SCC(=O)N2Cc2ccccc2)cc1. The zero-order chi connectivity index (χ0) is 23.3. The first-order valence-electron chi connectivity index (χ1n) is 11.8. The molecule has 3 aromatic rings. The maximum absolute atomic E-state index is 12.7. The summed E-state index contributed by atoms with van der Waals surface area (Å²) in [6.07, 6.45) is 2.52. The molecular weight excluding hydrogens is 442 g/mol. The van der Waals surface area contributed by atoms with Gasteiger partial charge in [-0.15, -0.1) is 11.8 Å². The summed E-state index contributed by atoms with van der Waals surface area (Å²) in [7, 11) is 0. The van der Waals surface area contributed by atoms with Gasteiger partial charge in [0.25, 0.3) is 5.91 Å². The van der Waals surface area contributed by atoms with E-state index < -0.39 is 0 Å². The van der Waals surface area contributed by atoms with E-state index in [0.29, 0.717) is 24.4 Å². The summed E-state index contributed by atoms with van der Waals surface area (Å²) in [5.41, 5.74) is 5.13. The first kappa shape index (κ1) is 22.5. The summed E-state index contributed by atoms with van der Waals surface area (Å²) in [6.45, 7) is 3.35. The minimum Gasteiger partial charge on any atom is -0.372 e. The summed E-state index contributed by atoms with van der Waals surface area (Å²) in [4.78, 5) is 29.5. The second-order valence-corrected chi connectivity index (χ2v) is 9.90. The van der Waals surface area contributed by atoms with Gasteiger partial charge in [0.15, 0.2) is 0 Å². The van der Waals surface area contributed by atoms with Crippen molar-refractivity contribution in [3.8, 4) is 0 Å². The molecule has 5 nitrogen and oxygen atoms in total. The van der Waals surface area contributed by atoms with Crippen molar-refractivity contribution < 1.29 is 9.59 Å². The van der Waals surface area contributed by atoms with Gasteiger partial charge in [-0.2, -0.15) is 0 Å². The molecule has 0 bridgehead atoms. The molecule has 0 radical (unpaired) electrons. The summed E-state index contributed by atoms with van der Waals surface area (Å²) in [5, 5.41) is 2.99. The molecule has 0 unspecified atom stereocenters. The summed E-state index contributed by atoms with van der Waals surface area (Å²) >= 11 is 1.64. The molecule has 174 valence electrons. The van der Waals surface area contributed by atoms with Crippen LogP contribution >= 0.6 is 11.8 Å². The maximum Gasteiger partial charge on any atom is 0.251 e. The maximum atomic E-state index is 12.7. The molecule has 1 atom stereocenters. The van der Waals surface area contributed by atoms with Crippen LogP contribution in [0.4, 0.5) is 5.69 Å². The Balaban J connectivity index is 1.19. The average molecular weight is 472 g/mol. The molecule has 2 heterocycles. The predicted molar refractivity (Wildman–Crippen MR) is 138 cm³/mol. The molecule has 0 spiro atoms. The van der Waals surface area contributed by atoms with Crippen LogP contribution in [-0.4, -0.2) is 35.6 Å². The zero-order valence-electron chi connectivity index (χ0n) is 19.2. The smallest absolute Gasteiger partial charge is 0.251 e. The molecule has 2 aliphatic rings. The Hall–Kier alpha value is -3.25. The third-order valence-corrected chi connectivity index (χ3v) is 7.74. The van der Waals surface area contributed by atoms with Crippen molar-refractivity contribution in [1.29, 1.82) is 0 Å². The highest BCUT2D eigenvalue weighted by Gasteiger charge is 2.32. The van der Waals surface area contributed by atoms with Crippen LogP contribution < -0.4 is 10.2 Å². The molecule has 2 fully saturated rings. The molecule has 0 saturated carbocycles. The van der Waals surface area contributed by atoms with Gasteiger partial charge in [0.05, 0.1) is 5.75 Å². The van der Waals surface area contributed by atoms with E-state index in [1.165, 1.54) is 18.5 Å². The van der Waals surface area contributed by atoms with Gasteiger partial charge in [-0.3, -0.25) is 9.59 Å². The van der Waals surface area contributed by atoms with Gasteiger partial charge >= 0.3 is 0 Å². The monoisotopic (exact) mass is 471 g/mol. The van der Waals surface area contributed by atoms with Crippen molar-refractivity contribution in [2.75, 3.05) is 23.7 Å². The van der Waals surface area contributed by atoms with E-state index in [-0.39, 0.29) is 17.2 Å². The highest BCUT2D eigenvalue weighted by molar-refractivity contribution is 8.00. The number of nitrogens with one attached hydrogen (secondary N) is 1. The number of thioether (sulfide) groups is 1. The molecule has 2 saturated heterocycles. The Morgan fingerprint density at radius 2 is 1.59 bits per heavy atom. The van der Waals surface area contributed by atoms with E-state index in [4.69, 9.17) is 0 Å². The lowest BCUT2D eigenvalue weighted by molar-refractivity contribution is -0.128. The van der Waals surface area contributed by atoms with Crippen LogP contribution in [0.1, 0.15) is 45.3 Å². The molecule has 1 N–H and O–H groups in total. The van der Waals surface area contributed by atoms with Crippen LogP contribution in [0.5, 0.6) is 0 Å². The minimum absolute atomic E-state index is 0.0288. The average Bonchev–Trinajstić information content (AvgIpc) is 3.54. The number of amides is 2. The minimum atomic E-state index is -0.0912. The molecule has 0 aliphatic carbocycles. The second-order valence-electron chi connectivity index (χ2n) is 8.84. The summed E-state index contributed by atoms with van der Waals surface area (Å²) in [5.74, 6) is 0.541. The van der Waals surface area contributed by atoms with E-state index in [9.17, 15) is 9.59 Å². The van der Waals surface area contributed by atoms with Gasteiger partial charge < -0.3 is 15.1 Å². The highest BCUT2D eigenvalue weighted by atomic mass is 32.2. The van der Waals surface area contributed by atoms with E-state index in [2.05, 4.69) is 34.5 Å². The van der Waals surface area contributed by atoms with Crippen molar-refractivity contribution in [2.24, 2.45) is 0 Å². The molecule has 5 rings (SSSR count). The number of nitrogens with zero attached hydrogens (tertiary/aromatic N) is 2. The van der Waals surface area contributed by atoms with Gasteiger partial charge in [-0.1, -0.05) is 54.6 Å². The molecule has 0 aromatic heterocycles. The van der Waals surface area contributed by atoms with Gasteiger partial charge in [0.1, 0.15) is 5.37 Å². The van der Waals surface area contributed by atoms with Crippen LogP contribution in [0, 0.1) is 0 Å². The normalized spacial score (nSPS) is 17.9. The quantitative estimate of drug-likeness (QED) is 0.527. The van der Waals surface area contributed by atoms with Crippen LogP contribution in [0.25, 0.3) is 0 Å². The lowest BCUT2D eigenvalue weighted by atomic mass is 10.1. The highest BCUT2D eigenvalue weighted by Crippen LogP contribution is 2.39. The summed E-state index contributed by atoms with van der Waals surface area (Å²) in [6, 6.07) is 26.2. The number of hydrogen-bond acceptors (Lipinski definition) is 4. The first-order valence-corrected chi connectivity index (χ1v) is 12.9. The Labute approximate surface area is 205 Å². The van der Waals surface area contributed by atoms with Gasteiger partial charge in [-0.05, 0) is 53.8 Å². The Kier molecular flexibility index (Phi) is 6.86. The number of carbonyl (C=O) groups excluding carboxylic acids is 2. The Bertz CT molecular complexity index is 1130. The van der Waals surface area contributed by atoms with Crippen molar-refractivity contribution in [1.82, 2.24) is 10.2 Å². The van der Waals surface area contributed by atoms with E-state index >= 15 is 0 Å². The van der Waals surface area contributed by atoms with E-state index in [0.717, 1.165) is 29.8 Å². The van der Waals surface area contributed by atoms with Crippen LogP contribution in [0.3, 0.4) is 0 Å². The second kappa shape index (κ2) is 10.3. The van der Waals surface area contributed by atoms with E-state index in [1.54, 1.807) is 11.8 Å². The summed E-state index contributed by atoms with van der Waals surface area (Å²) < 4.78 is 0. The van der Waals surface area contributed by atoms with Gasteiger partial charge in [0.2, 0.25) is 5.91 Å². The third-order valence-electron chi connectivity index (χ3n) is 6.48. The number of carbonyl (C=O) groups is 2. The third kappa shape index (κ3) is 5.12. The number of hydrogen-bond donors (Lipinski definition) is 1. The molecule has 34 heavy (non-hydrogen) atoms. The van der Waals surface area contributed by atoms with Crippen LogP contribution in [-0.2, 0) is 17.9 Å². The molecule has 2 aliphatic heterocycles. The van der Waals surface area contributed by atoms with Crippen LogP contribution in [0.15, 0.2) is 78.9 Å². The molecule has 2 amide bonds. The van der Waals surface area contributed by atoms with Gasteiger partial charge in [0, 0.05) is 37.4 Å². The number of anilines is 1. The molecular formula is C28H29N3O2S. The fraction of sp³-hybridized carbons (Fsp3) is 0.286. The predicted octanol–water partition coefficient (Wildman–Crippen LogP) is 4.99. The van der Waals surface area contributed by atoms with E-state index in [1.807, 2.05) is 59.5 Å². The van der Waals surface area contributed by atoms with Crippen molar-refractivity contribution in [2.45, 2.75) is 31.3 Å². The van der Waals surface area contributed by atoms with Gasteiger partial charge in [-0.25, -0.2) is 0 Å². The standard InChI is InChI=1S/C28H29N3O2S/c32-26-20-34-28(31(26)19-22-6-2-1-3-7-22)24-12-10-23(11-13-24)27(33)29-18-21-8-14-25(15-9-21)30-16-4-5-17-30/h1-3,6-15,28H,4-5,16-20H2,(H,29,33)/t28-/m0/s1. The molecule has 6 heteroatoms. The zero-order valence-corrected chi connectivity index (χ0v) is 20.0. The fourth-order valence-corrected chi connectivity index (χ4v) is 5.75. The largest absolute Gasteiger partial charge is 0.372 e. The molecule has 3 aromatic carbocycles. The van der Waals surface area contributed by atoms with Crippen molar-refractivity contribution in [3.63, 3.8) is 0 Å². The number of rotatable bonds is 7. The fourth-order valence-electron chi connectivity index (χ4n) is 4.56.